The molecule has 0 aliphatic carbocycles. The number of methoxy groups -OCH3 is 1. The summed E-state index contributed by atoms with van der Waals surface area (Å²) in [4.78, 5) is 29.6. The molecule has 0 unspecified atom stereocenters. The van der Waals surface area contributed by atoms with E-state index in [-0.39, 0.29) is 5.91 Å². The fraction of sp³-hybridized carbons (Fsp3) is 0.0800. The van der Waals surface area contributed by atoms with Crippen molar-refractivity contribution in [2.45, 2.75) is 6.54 Å². The Balaban J connectivity index is 1.72. The van der Waals surface area contributed by atoms with Crippen LogP contribution in [0.25, 0.3) is 21.3 Å². The van der Waals surface area contributed by atoms with E-state index in [1.807, 2.05) is 53.1 Å². The zero-order valence-corrected chi connectivity index (χ0v) is 17.8. The Hall–Kier alpha value is -3.77. The molecule has 3 aromatic carbocycles. The summed E-state index contributed by atoms with van der Waals surface area (Å²) in [6.07, 6.45) is 1.75. The van der Waals surface area contributed by atoms with Crippen molar-refractivity contribution in [3.05, 3.63) is 101 Å². The minimum atomic E-state index is -0.404. The van der Waals surface area contributed by atoms with Crippen molar-refractivity contribution in [1.29, 1.82) is 0 Å². The standard InChI is InChI=1S/C25H20N2O3S/c1-3-15-27-21-14-13-20(24(29)30-2)16-22(21)31-25(27)26-23(28)19-11-9-18(10-12-19)17-7-5-4-6-8-17/h3-14,16H,1,15H2,2H3. The van der Waals surface area contributed by atoms with Crippen LogP contribution in [0.5, 0.6) is 0 Å². The number of hydrogen-bond acceptors (Lipinski definition) is 4. The monoisotopic (exact) mass is 428 g/mol. The second-order valence-corrected chi connectivity index (χ2v) is 7.83. The Bertz CT molecular complexity index is 1330. The second-order valence-electron chi connectivity index (χ2n) is 6.82. The van der Waals surface area contributed by atoms with E-state index in [0.717, 1.165) is 21.3 Å². The normalized spacial score (nSPS) is 11.5. The molecule has 0 N–H and O–H groups in total. The number of carbonyl (C=O) groups excluding carboxylic acids is 2. The number of fused-ring (bicyclic) bond motifs is 1. The largest absolute Gasteiger partial charge is 0.465 e. The van der Waals surface area contributed by atoms with Crippen LogP contribution in [0.3, 0.4) is 0 Å². The second kappa shape index (κ2) is 8.93. The lowest BCUT2D eigenvalue weighted by Crippen LogP contribution is -2.16. The summed E-state index contributed by atoms with van der Waals surface area (Å²) in [5.74, 6) is -0.726. The van der Waals surface area contributed by atoms with Gasteiger partial charge in [0, 0.05) is 12.1 Å². The number of nitrogens with zero attached hydrogens (tertiary/aromatic N) is 2. The van der Waals surface area contributed by atoms with Crippen molar-refractivity contribution in [2.75, 3.05) is 7.11 Å². The minimum absolute atomic E-state index is 0.322. The summed E-state index contributed by atoms with van der Waals surface area (Å²) in [6, 6.07) is 22.7. The first-order valence-corrected chi connectivity index (χ1v) is 10.5. The van der Waals surface area contributed by atoms with Crippen LogP contribution in [0.2, 0.25) is 0 Å². The lowest BCUT2D eigenvalue weighted by atomic mass is 10.0. The zero-order chi connectivity index (χ0) is 21.8. The average molecular weight is 429 g/mol. The van der Waals surface area contributed by atoms with Gasteiger partial charge in [0.15, 0.2) is 4.80 Å². The fourth-order valence-electron chi connectivity index (χ4n) is 3.30. The average Bonchev–Trinajstić information content (AvgIpc) is 3.15. The van der Waals surface area contributed by atoms with Crippen molar-refractivity contribution < 1.29 is 14.3 Å². The number of hydrogen-bond donors (Lipinski definition) is 0. The summed E-state index contributed by atoms with van der Waals surface area (Å²) in [5, 5.41) is 0. The van der Waals surface area contributed by atoms with E-state index in [9.17, 15) is 9.59 Å². The highest BCUT2D eigenvalue weighted by atomic mass is 32.1. The lowest BCUT2D eigenvalue weighted by Gasteiger charge is -2.03. The summed E-state index contributed by atoms with van der Waals surface area (Å²) < 4.78 is 7.55. The fourth-order valence-corrected chi connectivity index (χ4v) is 4.37. The molecule has 0 saturated heterocycles. The number of rotatable bonds is 5. The van der Waals surface area contributed by atoms with Gasteiger partial charge in [-0.2, -0.15) is 4.99 Å². The Kier molecular flexibility index (Phi) is 5.91. The van der Waals surface area contributed by atoms with Crippen molar-refractivity contribution in [3.8, 4) is 11.1 Å². The predicted molar refractivity (Wildman–Crippen MR) is 123 cm³/mol. The van der Waals surface area contributed by atoms with Gasteiger partial charge in [-0.15, -0.1) is 6.58 Å². The maximum absolute atomic E-state index is 12.8. The highest BCUT2D eigenvalue weighted by molar-refractivity contribution is 7.16. The molecule has 1 amide bonds. The van der Waals surface area contributed by atoms with Crippen LogP contribution in [-0.2, 0) is 11.3 Å². The van der Waals surface area contributed by atoms with Gasteiger partial charge in [-0.1, -0.05) is 59.9 Å². The van der Waals surface area contributed by atoms with Crippen molar-refractivity contribution in [1.82, 2.24) is 4.57 Å². The molecule has 0 aliphatic heterocycles. The number of benzene rings is 3. The van der Waals surface area contributed by atoms with Crippen molar-refractivity contribution in [3.63, 3.8) is 0 Å². The Morgan fingerprint density at radius 1 is 1.00 bits per heavy atom. The number of aromatic nitrogens is 1. The zero-order valence-electron chi connectivity index (χ0n) is 16.9. The third-order valence-corrected chi connectivity index (χ3v) is 5.89. The van der Waals surface area contributed by atoms with E-state index in [1.165, 1.54) is 18.4 Å². The first kappa shape index (κ1) is 20.5. The topological polar surface area (TPSA) is 60.7 Å². The molecule has 1 heterocycles. The van der Waals surface area contributed by atoms with Crippen LogP contribution in [0.1, 0.15) is 20.7 Å². The number of carbonyl (C=O) groups is 2. The highest BCUT2D eigenvalue weighted by Crippen LogP contribution is 2.21. The number of esters is 1. The summed E-state index contributed by atoms with van der Waals surface area (Å²) >= 11 is 1.35. The van der Waals surface area contributed by atoms with Crippen LogP contribution in [0.4, 0.5) is 0 Å². The third kappa shape index (κ3) is 4.25. The molecule has 31 heavy (non-hydrogen) atoms. The van der Waals surface area contributed by atoms with Gasteiger partial charge < -0.3 is 9.30 Å². The van der Waals surface area contributed by atoms with E-state index in [0.29, 0.717) is 22.5 Å². The first-order valence-electron chi connectivity index (χ1n) is 9.68. The van der Waals surface area contributed by atoms with Gasteiger partial charge in [0.1, 0.15) is 0 Å². The lowest BCUT2D eigenvalue weighted by molar-refractivity contribution is 0.0601. The first-order chi connectivity index (χ1) is 15.1. The Labute approximate surface area is 183 Å². The van der Waals surface area contributed by atoms with Crippen molar-refractivity contribution in [2.24, 2.45) is 4.99 Å². The van der Waals surface area contributed by atoms with Gasteiger partial charge in [0.2, 0.25) is 0 Å². The maximum Gasteiger partial charge on any atom is 0.337 e. The maximum atomic E-state index is 12.8. The molecule has 0 bridgehead atoms. The number of amides is 1. The minimum Gasteiger partial charge on any atom is -0.465 e. The summed E-state index contributed by atoms with van der Waals surface area (Å²) in [6.45, 7) is 4.30. The van der Waals surface area contributed by atoms with Gasteiger partial charge in [0.05, 0.1) is 22.9 Å². The molecular weight excluding hydrogens is 408 g/mol. The third-order valence-electron chi connectivity index (χ3n) is 4.85. The van der Waals surface area contributed by atoms with E-state index >= 15 is 0 Å². The molecule has 0 radical (unpaired) electrons. The summed E-state index contributed by atoms with van der Waals surface area (Å²) in [7, 11) is 1.35. The van der Waals surface area contributed by atoms with Gasteiger partial charge in [-0.3, -0.25) is 4.79 Å². The Morgan fingerprint density at radius 2 is 1.68 bits per heavy atom. The van der Waals surface area contributed by atoms with Crippen LogP contribution in [0, 0.1) is 0 Å². The van der Waals surface area contributed by atoms with E-state index in [1.54, 1.807) is 30.3 Å². The number of allylic oxidation sites excluding steroid dienone is 1. The van der Waals surface area contributed by atoms with Crippen LogP contribution in [-0.4, -0.2) is 23.6 Å². The van der Waals surface area contributed by atoms with Crippen molar-refractivity contribution >= 4 is 33.4 Å². The molecule has 0 saturated carbocycles. The summed E-state index contributed by atoms with van der Waals surface area (Å²) in [5.41, 5.74) is 3.97. The molecule has 5 nitrogen and oxygen atoms in total. The molecule has 0 aliphatic rings. The smallest absolute Gasteiger partial charge is 0.337 e. The molecule has 6 heteroatoms. The van der Waals surface area contributed by atoms with Crippen LogP contribution < -0.4 is 4.80 Å². The molecule has 154 valence electrons. The van der Waals surface area contributed by atoms with Crippen LogP contribution in [0.15, 0.2) is 90.4 Å². The number of thiazole rings is 1. The van der Waals surface area contributed by atoms with E-state index < -0.39 is 5.97 Å². The van der Waals surface area contributed by atoms with E-state index in [4.69, 9.17) is 4.74 Å². The quantitative estimate of drug-likeness (QED) is 0.329. The van der Waals surface area contributed by atoms with Crippen LogP contribution >= 0.6 is 11.3 Å². The molecule has 4 aromatic rings. The SMILES string of the molecule is C=CCn1c(=NC(=O)c2ccc(-c3ccccc3)cc2)sc2cc(C(=O)OC)ccc21. The number of ether oxygens (including phenoxy) is 1. The molecule has 4 rings (SSSR count). The van der Waals surface area contributed by atoms with Gasteiger partial charge >= 0.3 is 5.97 Å². The predicted octanol–water partition coefficient (Wildman–Crippen LogP) is 5.08. The van der Waals surface area contributed by atoms with E-state index in [2.05, 4.69) is 11.6 Å². The van der Waals surface area contributed by atoms with Gasteiger partial charge in [-0.25, -0.2) is 4.79 Å². The Morgan fingerprint density at radius 3 is 2.35 bits per heavy atom. The van der Waals surface area contributed by atoms with Gasteiger partial charge in [0.25, 0.3) is 5.91 Å². The molecule has 0 spiro atoms. The molecule has 0 fully saturated rings. The van der Waals surface area contributed by atoms with Gasteiger partial charge in [-0.05, 0) is 41.5 Å². The highest BCUT2D eigenvalue weighted by Gasteiger charge is 2.12. The molecule has 1 aromatic heterocycles. The molecular formula is C25H20N2O3S. The molecule has 0 atom stereocenters.